The van der Waals surface area contributed by atoms with Crippen molar-refractivity contribution < 1.29 is 4.79 Å². The van der Waals surface area contributed by atoms with Crippen LogP contribution in [0.1, 0.15) is 31.0 Å². The molecule has 0 saturated carbocycles. The first-order chi connectivity index (χ1) is 15.4. The highest BCUT2D eigenvalue weighted by Gasteiger charge is 2.26. The average molecular weight is 494 g/mol. The van der Waals surface area contributed by atoms with E-state index in [1.54, 1.807) is 0 Å². The Morgan fingerprint density at radius 1 is 0.969 bits per heavy atom. The molecule has 2 amide bonds. The molecule has 0 aliphatic carbocycles. The Morgan fingerprint density at radius 3 is 2.25 bits per heavy atom. The normalized spacial score (nSPS) is 14.0. The first-order valence-corrected chi connectivity index (χ1v) is 11.7. The first-order valence-electron chi connectivity index (χ1n) is 10.9. The Balaban J connectivity index is 1.51. The minimum Gasteiger partial charge on any atom is -0.353 e. The SMILES string of the molecule is Cc1nc(-c2ccccc2)nc(N2CCN(C(=O)Nc3ccc(Br)cc3)CC2)c1C(C)C. The number of aryl methyl sites for hydroxylation is 1. The maximum absolute atomic E-state index is 12.7. The Morgan fingerprint density at radius 2 is 1.62 bits per heavy atom. The predicted molar refractivity (Wildman–Crippen MR) is 133 cm³/mol. The van der Waals surface area contributed by atoms with Crippen molar-refractivity contribution >= 4 is 33.5 Å². The molecule has 0 spiro atoms. The van der Waals surface area contributed by atoms with Crippen LogP contribution >= 0.6 is 15.9 Å². The van der Waals surface area contributed by atoms with Crippen molar-refractivity contribution in [3.8, 4) is 11.4 Å². The summed E-state index contributed by atoms with van der Waals surface area (Å²) in [6.45, 7) is 9.18. The number of benzene rings is 2. The van der Waals surface area contributed by atoms with E-state index in [4.69, 9.17) is 9.97 Å². The number of carbonyl (C=O) groups excluding carboxylic acids is 1. The summed E-state index contributed by atoms with van der Waals surface area (Å²) >= 11 is 3.42. The smallest absolute Gasteiger partial charge is 0.321 e. The highest BCUT2D eigenvalue weighted by Crippen LogP contribution is 2.31. The van der Waals surface area contributed by atoms with Crippen LogP contribution in [0.15, 0.2) is 59.1 Å². The second kappa shape index (κ2) is 9.69. The molecule has 1 N–H and O–H groups in total. The van der Waals surface area contributed by atoms with E-state index in [1.165, 1.54) is 5.56 Å². The number of aromatic nitrogens is 2. The summed E-state index contributed by atoms with van der Waals surface area (Å²) in [5.41, 5.74) is 4.00. The topological polar surface area (TPSA) is 61.4 Å². The quantitative estimate of drug-likeness (QED) is 0.506. The van der Waals surface area contributed by atoms with Gasteiger partial charge in [0.1, 0.15) is 5.82 Å². The van der Waals surface area contributed by atoms with Gasteiger partial charge in [-0.05, 0) is 37.1 Å². The molecule has 3 aromatic rings. The van der Waals surface area contributed by atoms with Gasteiger partial charge >= 0.3 is 6.03 Å². The molecule has 7 heteroatoms. The fraction of sp³-hybridized carbons (Fsp3) is 0.320. The van der Waals surface area contributed by atoms with Crippen molar-refractivity contribution in [3.05, 3.63) is 70.3 Å². The Labute approximate surface area is 197 Å². The fourth-order valence-corrected chi connectivity index (χ4v) is 4.32. The van der Waals surface area contributed by atoms with Crippen LogP contribution in [-0.4, -0.2) is 47.1 Å². The number of halogens is 1. The van der Waals surface area contributed by atoms with Crippen LogP contribution in [0.2, 0.25) is 0 Å². The van der Waals surface area contributed by atoms with Gasteiger partial charge < -0.3 is 15.1 Å². The lowest BCUT2D eigenvalue weighted by molar-refractivity contribution is 0.208. The number of carbonyl (C=O) groups is 1. The molecule has 0 unspecified atom stereocenters. The summed E-state index contributed by atoms with van der Waals surface area (Å²) in [5.74, 6) is 2.05. The minimum absolute atomic E-state index is 0.0695. The van der Waals surface area contributed by atoms with Gasteiger partial charge in [0.15, 0.2) is 5.82 Å². The minimum atomic E-state index is -0.0695. The molecular formula is C25H28BrN5O. The van der Waals surface area contributed by atoms with Crippen molar-refractivity contribution in [3.63, 3.8) is 0 Å². The monoisotopic (exact) mass is 493 g/mol. The van der Waals surface area contributed by atoms with Gasteiger partial charge in [0.2, 0.25) is 0 Å². The van der Waals surface area contributed by atoms with Crippen LogP contribution in [0, 0.1) is 6.92 Å². The van der Waals surface area contributed by atoms with E-state index in [-0.39, 0.29) is 6.03 Å². The lowest BCUT2D eigenvalue weighted by Gasteiger charge is -2.37. The molecule has 0 bridgehead atoms. The zero-order chi connectivity index (χ0) is 22.7. The maximum Gasteiger partial charge on any atom is 0.321 e. The van der Waals surface area contributed by atoms with Crippen LogP contribution in [0.4, 0.5) is 16.3 Å². The van der Waals surface area contributed by atoms with E-state index in [0.717, 1.165) is 46.1 Å². The maximum atomic E-state index is 12.7. The molecule has 2 aromatic carbocycles. The number of amides is 2. The standard InChI is InChI=1S/C25H28BrN5O/c1-17(2)22-18(3)27-23(19-7-5-4-6-8-19)29-24(22)30-13-15-31(16-14-30)25(32)28-21-11-9-20(26)10-12-21/h4-12,17H,13-16H2,1-3H3,(H,28,32). The number of hydrogen-bond donors (Lipinski definition) is 1. The third-order valence-electron chi connectivity index (χ3n) is 5.69. The molecule has 1 aromatic heterocycles. The molecule has 32 heavy (non-hydrogen) atoms. The van der Waals surface area contributed by atoms with E-state index >= 15 is 0 Å². The highest BCUT2D eigenvalue weighted by molar-refractivity contribution is 9.10. The third-order valence-corrected chi connectivity index (χ3v) is 6.22. The summed E-state index contributed by atoms with van der Waals surface area (Å²) in [7, 11) is 0. The summed E-state index contributed by atoms with van der Waals surface area (Å²) in [6.07, 6.45) is 0. The van der Waals surface area contributed by atoms with Gasteiger partial charge in [0.05, 0.1) is 0 Å². The van der Waals surface area contributed by atoms with Crippen LogP contribution in [0.25, 0.3) is 11.4 Å². The molecule has 4 rings (SSSR count). The molecule has 1 fully saturated rings. The summed E-state index contributed by atoms with van der Waals surface area (Å²) in [6, 6.07) is 17.6. The lowest BCUT2D eigenvalue weighted by atomic mass is 10.0. The van der Waals surface area contributed by atoms with Crippen molar-refractivity contribution in [1.29, 1.82) is 0 Å². The number of rotatable bonds is 4. The van der Waals surface area contributed by atoms with Crippen LogP contribution in [0.5, 0.6) is 0 Å². The predicted octanol–water partition coefficient (Wildman–Crippen LogP) is 5.69. The molecule has 166 valence electrons. The van der Waals surface area contributed by atoms with Gasteiger partial charge in [0.25, 0.3) is 0 Å². The van der Waals surface area contributed by atoms with Crippen LogP contribution < -0.4 is 10.2 Å². The molecule has 1 aliphatic rings. The zero-order valence-electron chi connectivity index (χ0n) is 18.7. The van der Waals surface area contributed by atoms with E-state index in [9.17, 15) is 4.79 Å². The molecule has 2 heterocycles. The second-order valence-corrected chi connectivity index (χ2v) is 9.22. The number of anilines is 2. The van der Waals surface area contributed by atoms with Gasteiger partial charge in [-0.3, -0.25) is 0 Å². The lowest BCUT2D eigenvalue weighted by Crippen LogP contribution is -2.50. The van der Waals surface area contributed by atoms with Crippen molar-refractivity contribution in [2.24, 2.45) is 0 Å². The van der Waals surface area contributed by atoms with Crippen LogP contribution in [-0.2, 0) is 0 Å². The number of piperazine rings is 1. The Hall–Kier alpha value is -2.93. The van der Waals surface area contributed by atoms with E-state index in [1.807, 2.05) is 59.5 Å². The van der Waals surface area contributed by atoms with Gasteiger partial charge in [-0.2, -0.15) is 0 Å². The van der Waals surface area contributed by atoms with Crippen LogP contribution in [0.3, 0.4) is 0 Å². The molecule has 6 nitrogen and oxygen atoms in total. The Bertz CT molecular complexity index is 1080. The number of nitrogens with zero attached hydrogens (tertiary/aromatic N) is 4. The molecule has 0 radical (unpaired) electrons. The first kappa shape index (κ1) is 22.3. The van der Waals surface area contributed by atoms with E-state index in [0.29, 0.717) is 19.0 Å². The van der Waals surface area contributed by atoms with Gasteiger partial charge in [-0.1, -0.05) is 60.1 Å². The summed E-state index contributed by atoms with van der Waals surface area (Å²) < 4.78 is 0.986. The summed E-state index contributed by atoms with van der Waals surface area (Å²) in [5, 5.41) is 2.98. The average Bonchev–Trinajstić information content (AvgIpc) is 2.80. The van der Waals surface area contributed by atoms with E-state index in [2.05, 4.69) is 46.9 Å². The van der Waals surface area contributed by atoms with Gasteiger partial charge in [-0.15, -0.1) is 0 Å². The van der Waals surface area contributed by atoms with Crippen molar-refractivity contribution in [1.82, 2.24) is 14.9 Å². The number of nitrogens with one attached hydrogen (secondary N) is 1. The second-order valence-electron chi connectivity index (χ2n) is 8.30. The molecule has 0 atom stereocenters. The van der Waals surface area contributed by atoms with E-state index < -0.39 is 0 Å². The number of urea groups is 1. The third kappa shape index (κ3) is 4.93. The summed E-state index contributed by atoms with van der Waals surface area (Å²) in [4.78, 5) is 26.7. The number of hydrogen-bond acceptors (Lipinski definition) is 4. The molecule has 1 aliphatic heterocycles. The fourth-order valence-electron chi connectivity index (χ4n) is 4.06. The zero-order valence-corrected chi connectivity index (χ0v) is 20.3. The largest absolute Gasteiger partial charge is 0.353 e. The Kier molecular flexibility index (Phi) is 6.74. The van der Waals surface area contributed by atoms with Gasteiger partial charge in [0, 0.05) is 53.2 Å². The van der Waals surface area contributed by atoms with Gasteiger partial charge in [-0.25, -0.2) is 14.8 Å². The van der Waals surface area contributed by atoms with Crippen molar-refractivity contribution in [2.75, 3.05) is 36.4 Å². The molecular weight excluding hydrogens is 466 g/mol. The van der Waals surface area contributed by atoms with Crippen molar-refractivity contribution in [2.45, 2.75) is 26.7 Å². The molecule has 1 saturated heterocycles. The highest BCUT2D eigenvalue weighted by atomic mass is 79.9.